The Balaban J connectivity index is 1.40. The van der Waals surface area contributed by atoms with Crippen molar-refractivity contribution >= 4 is 10.0 Å². The Bertz CT molecular complexity index is 404. The molecule has 2 saturated heterocycles. The molecule has 2 aliphatic heterocycles. The molecule has 3 rings (SSSR count). The van der Waals surface area contributed by atoms with Crippen LogP contribution in [0.1, 0.15) is 25.7 Å². The van der Waals surface area contributed by atoms with Crippen LogP contribution < -0.4 is 0 Å². The number of hydrogen-bond acceptors (Lipinski definition) is 4. The second-order valence-electron chi connectivity index (χ2n) is 6.21. The molecule has 110 valence electrons. The fourth-order valence-electron chi connectivity index (χ4n) is 2.85. The second-order valence-corrected chi connectivity index (χ2v) is 8.30. The fraction of sp³-hybridized carbons (Fsp3) is 1.00. The SMILES string of the molecule is O=S(=O)(CCOCC1CC1)N1CC2(CCOCC2)C1. The minimum absolute atomic E-state index is 0.131. The third-order valence-corrected chi connectivity index (χ3v) is 6.23. The molecule has 0 unspecified atom stereocenters. The topological polar surface area (TPSA) is 55.8 Å². The molecule has 2 heterocycles. The number of nitrogens with zero attached hydrogens (tertiary/aromatic N) is 1. The summed E-state index contributed by atoms with van der Waals surface area (Å²) < 4.78 is 36.6. The molecule has 3 aliphatic rings. The van der Waals surface area contributed by atoms with Crippen molar-refractivity contribution in [3.05, 3.63) is 0 Å². The van der Waals surface area contributed by atoms with E-state index in [9.17, 15) is 8.42 Å². The molecule has 0 radical (unpaired) electrons. The standard InChI is InChI=1S/C13H23NO4S/c15-19(16,8-7-18-9-12-1-2-12)14-10-13(11-14)3-5-17-6-4-13/h12H,1-11H2. The predicted molar refractivity (Wildman–Crippen MR) is 71.4 cm³/mol. The van der Waals surface area contributed by atoms with E-state index < -0.39 is 10.0 Å². The van der Waals surface area contributed by atoms with Gasteiger partial charge in [0.25, 0.3) is 0 Å². The summed E-state index contributed by atoms with van der Waals surface area (Å²) in [6, 6.07) is 0. The van der Waals surface area contributed by atoms with Crippen LogP contribution in [0.25, 0.3) is 0 Å². The third-order valence-electron chi connectivity index (χ3n) is 4.51. The molecule has 0 aromatic carbocycles. The summed E-state index contributed by atoms with van der Waals surface area (Å²) in [6.07, 6.45) is 4.47. The maximum absolute atomic E-state index is 12.1. The number of hydrogen-bond donors (Lipinski definition) is 0. The molecule has 6 heteroatoms. The molecule has 1 saturated carbocycles. The first kappa shape index (κ1) is 13.8. The van der Waals surface area contributed by atoms with Crippen LogP contribution in [0.3, 0.4) is 0 Å². The van der Waals surface area contributed by atoms with Gasteiger partial charge in [-0.15, -0.1) is 0 Å². The van der Waals surface area contributed by atoms with Gasteiger partial charge in [-0.2, -0.15) is 0 Å². The zero-order valence-corrected chi connectivity index (χ0v) is 12.2. The average molecular weight is 289 g/mol. The quantitative estimate of drug-likeness (QED) is 0.680. The highest BCUT2D eigenvalue weighted by atomic mass is 32.2. The zero-order valence-electron chi connectivity index (χ0n) is 11.3. The lowest BCUT2D eigenvalue weighted by Crippen LogP contribution is -2.60. The highest BCUT2D eigenvalue weighted by Gasteiger charge is 2.48. The lowest BCUT2D eigenvalue weighted by Gasteiger charge is -2.51. The van der Waals surface area contributed by atoms with Gasteiger partial charge >= 0.3 is 0 Å². The largest absolute Gasteiger partial charge is 0.381 e. The first-order valence-electron chi connectivity index (χ1n) is 7.23. The van der Waals surface area contributed by atoms with Gasteiger partial charge in [0, 0.05) is 38.3 Å². The second kappa shape index (κ2) is 5.31. The van der Waals surface area contributed by atoms with Crippen LogP contribution in [-0.2, 0) is 19.5 Å². The van der Waals surface area contributed by atoms with Crippen LogP contribution in [0.2, 0.25) is 0 Å². The molecule has 1 spiro atoms. The van der Waals surface area contributed by atoms with Gasteiger partial charge < -0.3 is 9.47 Å². The molecule has 0 atom stereocenters. The Morgan fingerprint density at radius 3 is 2.53 bits per heavy atom. The summed E-state index contributed by atoms with van der Waals surface area (Å²) in [5.74, 6) is 0.823. The first-order chi connectivity index (χ1) is 9.10. The van der Waals surface area contributed by atoms with E-state index >= 15 is 0 Å². The molecule has 0 bridgehead atoms. The summed E-state index contributed by atoms with van der Waals surface area (Å²) in [6.45, 7) is 3.99. The monoisotopic (exact) mass is 289 g/mol. The lowest BCUT2D eigenvalue weighted by atomic mass is 9.75. The van der Waals surface area contributed by atoms with Crippen molar-refractivity contribution in [2.24, 2.45) is 11.3 Å². The van der Waals surface area contributed by atoms with Gasteiger partial charge in [0.05, 0.1) is 12.4 Å². The van der Waals surface area contributed by atoms with Crippen molar-refractivity contribution in [1.29, 1.82) is 0 Å². The Labute approximate surface area is 115 Å². The number of ether oxygens (including phenoxy) is 2. The average Bonchev–Trinajstić information content (AvgIpc) is 3.17. The van der Waals surface area contributed by atoms with Gasteiger partial charge in [-0.3, -0.25) is 0 Å². The Kier molecular flexibility index (Phi) is 3.86. The van der Waals surface area contributed by atoms with Crippen LogP contribution in [0, 0.1) is 11.3 Å². The van der Waals surface area contributed by atoms with Crippen molar-refractivity contribution in [3.63, 3.8) is 0 Å². The van der Waals surface area contributed by atoms with E-state index in [0.29, 0.717) is 25.6 Å². The smallest absolute Gasteiger partial charge is 0.216 e. The summed E-state index contributed by atoms with van der Waals surface area (Å²) in [4.78, 5) is 0. The fourth-order valence-corrected chi connectivity index (χ4v) is 4.37. The molecular weight excluding hydrogens is 266 g/mol. The first-order valence-corrected chi connectivity index (χ1v) is 8.84. The van der Waals surface area contributed by atoms with Gasteiger partial charge in [-0.1, -0.05) is 0 Å². The van der Waals surface area contributed by atoms with E-state index in [2.05, 4.69) is 0 Å². The van der Waals surface area contributed by atoms with E-state index in [1.165, 1.54) is 12.8 Å². The molecular formula is C13H23NO4S. The third kappa shape index (κ3) is 3.29. The van der Waals surface area contributed by atoms with Crippen molar-refractivity contribution in [2.45, 2.75) is 25.7 Å². The van der Waals surface area contributed by atoms with Gasteiger partial charge in [0.2, 0.25) is 10.0 Å². The molecule has 0 aromatic heterocycles. The van der Waals surface area contributed by atoms with E-state index in [1.54, 1.807) is 4.31 Å². The van der Waals surface area contributed by atoms with E-state index in [4.69, 9.17) is 9.47 Å². The molecule has 0 amide bonds. The minimum Gasteiger partial charge on any atom is -0.381 e. The Morgan fingerprint density at radius 1 is 1.21 bits per heavy atom. The highest BCUT2D eigenvalue weighted by Crippen LogP contribution is 2.41. The van der Waals surface area contributed by atoms with Gasteiger partial charge in [-0.25, -0.2) is 12.7 Å². The van der Waals surface area contributed by atoms with Crippen LogP contribution in [0.4, 0.5) is 0 Å². The van der Waals surface area contributed by atoms with Crippen molar-refractivity contribution in [2.75, 3.05) is 45.3 Å². The molecule has 1 aliphatic carbocycles. The van der Waals surface area contributed by atoms with Crippen LogP contribution in [0.5, 0.6) is 0 Å². The normalized spacial score (nSPS) is 27.4. The van der Waals surface area contributed by atoms with Gasteiger partial charge in [0.1, 0.15) is 0 Å². The summed E-state index contributed by atoms with van der Waals surface area (Å²) in [5.41, 5.74) is 0.209. The summed E-state index contributed by atoms with van der Waals surface area (Å²) in [5, 5.41) is 0. The van der Waals surface area contributed by atoms with Crippen LogP contribution >= 0.6 is 0 Å². The maximum Gasteiger partial charge on any atom is 0.216 e. The van der Waals surface area contributed by atoms with Crippen molar-refractivity contribution in [1.82, 2.24) is 4.31 Å². The molecule has 3 fully saturated rings. The summed E-state index contributed by atoms with van der Waals surface area (Å²) in [7, 11) is -3.11. The molecule has 0 N–H and O–H groups in total. The molecule has 5 nitrogen and oxygen atoms in total. The number of sulfonamides is 1. The number of rotatable bonds is 6. The van der Waals surface area contributed by atoms with E-state index in [-0.39, 0.29) is 11.2 Å². The predicted octanol–water partition coefficient (Wildman–Crippen LogP) is 0.855. The van der Waals surface area contributed by atoms with E-state index in [0.717, 1.165) is 32.7 Å². The maximum atomic E-state index is 12.1. The van der Waals surface area contributed by atoms with Crippen molar-refractivity contribution < 1.29 is 17.9 Å². The Hall–Kier alpha value is -0.170. The lowest BCUT2D eigenvalue weighted by molar-refractivity contribution is -0.0478. The van der Waals surface area contributed by atoms with Gasteiger partial charge in [0.15, 0.2) is 0 Å². The zero-order chi connectivity index (χ0) is 13.3. The minimum atomic E-state index is -3.11. The summed E-state index contributed by atoms with van der Waals surface area (Å²) >= 11 is 0. The molecule has 19 heavy (non-hydrogen) atoms. The van der Waals surface area contributed by atoms with Crippen LogP contribution in [0.15, 0.2) is 0 Å². The van der Waals surface area contributed by atoms with Crippen molar-refractivity contribution in [3.8, 4) is 0 Å². The highest BCUT2D eigenvalue weighted by molar-refractivity contribution is 7.89. The van der Waals surface area contributed by atoms with Gasteiger partial charge in [-0.05, 0) is 31.6 Å². The Morgan fingerprint density at radius 2 is 1.89 bits per heavy atom. The van der Waals surface area contributed by atoms with Crippen LogP contribution in [-0.4, -0.2) is 58.0 Å². The van der Waals surface area contributed by atoms with E-state index in [1.807, 2.05) is 0 Å². The molecule has 0 aromatic rings.